The lowest BCUT2D eigenvalue weighted by Crippen LogP contribution is -2.40. The summed E-state index contributed by atoms with van der Waals surface area (Å²) in [6, 6.07) is 0. The molecule has 1 saturated heterocycles. The van der Waals surface area contributed by atoms with Crippen LogP contribution in [0.3, 0.4) is 0 Å². The molecule has 0 saturated carbocycles. The Labute approximate surface area is 148 Å². The molecule has 25 heavy (non-hydrogen) atoms. The van der Waals surface area contributed by atoms with Crippen molar-refractivity contribution < 1.29 is 4.79 Å². The van der Waals surface area contributed by atoms with Gasteiger partial charge in [-0.1, -0.05) is 12.1 Å². The van der Waals surface area contributed by atoms with E-state index in [1.165, 1.54) is 0 Å². The van der Waals surface area contributed by atoms with E-state index in [9.17, 15) is 4.79 Å². The third-order valence-corrected chi connectivity index (χ3v) is 4.62. The number of carbonyl (C=O) groups is 1. The van der Waals surface area contributed by atoms with Crippen molar-refractivity contribution in [1.29, 1.82) is 0 Å². The fraction of sp³-hybridized carbons (Fsp3) is 0.556. The second-order valence-electron chi connectivity index (χ2n) is 6.54. The second-order valence-corrected chi connectivity index (χ2v) is 6.54. The fourth-order valence-electron chi connectivity index (χ4n) is 3.18. The molecule has 2 aromatic heterocycles. The van der Waals surface area contributed by atoms with Crippen LogP contribution in [-0.2, 0) is 24.3 Å². The number of nitrogens with zero attached hydrogens (tertiary/aromatic N) is 6. The van der Waals surface area contributed by atoms with Gasteiger partial charge in [0.15, 0.2) is 0 Å². The summed E-state index contributed by atoms with van der Waals surface area (Å²) >= 11 is 0. The normalized spacial score (nSPS) is 18.2. The van der Waals surface area contributed by atoms with Crippen molar-refractivity contribution in [2.75, 3.05) is 13.1 Å². The van der Waals surface area contributed by atoms with Gasteiger partial charge in [0.05, 0.1) is 11.9 Å². The zero-order valence-corrected chi connectivity index (χ0v) is 15.0. The smallest absolute Gasteiger partial charge is 0.246 e. The predicted molar refractivity (Wildman–Crippen MR) is 95.6 cm³/mol. The van der Waals surface area contributed by atoms with Crippen molar-refractivity contribution in [3.05, 3.63) is 35.9 Å². The van der Waals surface area contributed by atoms with Gasteiger partial charge in [-0.15, -0.1) is 5.10 Å². The number of hydrogen-bond acceptors (Lipinski definition) is 4. The maximum atomic E-state index is 12.5. The van der Waals surface area contributed by atoms with E-state index in [1.54, 1.807) is 12.3 Å². The van der Waals surface area contributed by atoms with Gasteiger partial charge >= 0.3 is 0 Å². The van der Waals surface area contributed by atoms with Gasteiger partial charge in [0, 0.05) is 50.2 Å². The zero-order valence-electron chi connectivity index (χ0n) is 15.0. The van der Waals surface area contributed by atoms with E-state index >= 15 is 0 Å². The standard InChI is InChI=1S/C18H26N6O/c1-3-17-14-24(21-20-17)13-16-6-5-9-22(11-16)18(25)8-7-15-10-19-23(4-2)12-15/h7-8,10,12,14,16H,3-6,9,11,13H2,1-2H3/b8-7+/t16-/m1/s1. The fourth-order valence-corrected chi connectivity index (χ4v) is 3.18. The van der Waals surface area contributed by atoms with Crippen LogP contribution in [0, 0.1) is 5.92 Å². The Hall–Kier alpha value is -2.44. The molecule has 0 aliphatic carbocycles. The molecule has 0 spiro atoms. The summed E-state index contributed by atoms with van der Waals surface area (Å²) < 4.78 is 3.76. The zero-order chi connectivity index (χ0) is 17.6. The molecule has 0 unspecified atom stereocenters. The quantitative estimate of drug-likeness (QED) is 0.753. The summed E-state index contributed by atoms with van der Waals surface area (Å²) in [4.78, 5) is 14.4. The summed E-state index contributed by atoms with van der Waals surface area (Å²) in [6.07, 6.45) is 12.3. The van der Waals surface area contributed by atoms with Crippen molar-refractivity contribution in [2.45, 2.75) is 46.2 Å². The van der Waals surface area contributed by atoms with Gasteiger partial charge in [0.1, 0.15) is 0 Å². The third-order valence-electron chi connectivity index (χ3n) is 4.62. The van der Waals surface area contributed by atoms with Crippen LogP contribution in [0.5, 0.6) is 0 Å². The maximum Gasteiger partial charge on any atom is 0.246 e. The van der Waals surface area contributed by atoms with E-state index in [1.807, 2.05) is 39.7 Å². The number of aryl methyl sites for hydroxylation is 2. The molecule has 0 N–H and O–H groups in total. The molecule has 0 radical (unpaired) electrons. The van der Waals surface area contributed by atoms with E-state index < -0.39 is 0 Å². The van der Waals surface area contributed by atoms with Crippen molar-refractivity contribution in [3.8, 4) is 0 Å². The minimum absolute atomic E-state index is 0.0711. The van der Waals surface area contributed by atoms with Crippen LogP contribution in [0.25, 0.3) is 6.08 Å². The van der Waals surface area contributed by atoms with Crippen molar-refractivity contribution in [3.63, 3.8) is 0 Å². The predicted octanol–water partition coefficient (Wildman–Crippen LogP) is 2.01. The largest absolute Gasteiger partial charge is 0.339 e. The summed E-state index contributed by atoms with van der Waals surface area (Å²) in [7, 11) is 0. The Bertz CT molecular complexity index is 732. The summed E-state index contributed by atoms with van der Waals surface area (Å²) in [5.41, 5.74) is 1.97. The number of amides is 1. The molecule has 0 aromatic carbocycles. The van der Waals surface area contributed by atoms with Gasteiger partial charge in [-0.05, 0) is 38.2 Å². The second kappa shape index (κ2) is 8.09. The van der Waals surface area contributed by atoms with Gasteiger partial charge in [-0.25, -0.2) is 0 Å². The lowest BCUT2D eigenvalue weighted by molar-refractivity contribution is -0.127. The van der Waals surface area contributed by atoms with Gasteiger partial charge in [-0.3, -0.25) is 14.2 Å². The van der Waals surface area contributed by atoms with Crippen molar-refractivity contribution in [2.24, 2.45) is 5.92 Å². The van der Waals surface area contributed by atoms with E-state index in [-0.39, 0.29) is 5.91 Å². The highest BCUT2D eigenvalue weighted by atomic mass is 16.2. The van der Waals surface area contributed by atoms with Crippen LogP contribution in [0.15, 0.2) is 24.7 Å². The average Bonchev–Trinajstić information content (AvgIpc) is 3.28. The highest BCUT2D eigenvalue weighted by molar-refractivity contribution is 5.91. The number of hydrogen-bond donors (Lipinski definition) is 0. The Kier molecular flexibility index (Phi) is 5.63. The number of aromatic nitrogens is 5. The first-order valence-corrected chi connectivity index (χ1v) is 9.06. The maximum absolute atomic E-state index is 12.5. The number of likely N-dealkylation sites (tertiary alicyclic amines) is 1. The van der Waals surface area contributed by atoms with Crippen molar-refractivity contribution in [1.82, 2.24) is 29.7 Å². The third kappa shape index (κ3) is 4.55. The Morgan fingerprint density at radius 3 is 2.92 bits per heavy atom. The molecule has 3 rings (SSSR count). The van der Waals surface area contributed by atoms with Crippen LogP contribution in [0.4, 0.5) is 0 Å². The monoisotopic (exact) mass is 342 g/mol. The van der Waals surface area contributed by atoms with Gasteiger partial charge < -0.3 is 4.90 Å². The van der Waals surface area contributed by atoms with Crippen LogP contribution >= 0.6 is 0 Å². The van der Waals surface area contributed by atoms with Crippen LogP contribution < -0.4 is 0 Å². The first-order chi connectivity index (χ1) is 12.2. The Morgan fingerprint density at radius 2 is 2.20 bits per heavy atom. The molecule has 2 aromatic rings. The number of carbonyl (C=O) groups excluding carboxylic acids is 1. The molecule has 7 heteroatoms. The van der Waals surface area contributed by atoms with E-state index in [0.29, 0.717) is 5.92 Å². The highest BCUT2D eigenvalue weighted by Gasteiger charge is 2.23. The molecular formula is C18H26N6O. The molecule has 0 bridgehead atoms. The topological polar surface area (TPSA) is 68.8 Å². The van der Waals surface area contributed by atoms with Crippen LogP contribution in [-0.4, -0.2) is 48.7 Å². The molecule has 134 valence electrons. The molecule has 1 aliphatic heterocycles. The Morgan fingerprint density at radius 1 is 1.32 bits per heavy atom. The van der Waals surface area contributed by atoms with E-state index in [2.05, 4.69) is 22.3 Å². The highest BCUT2D eigenvalue weighted by Crippen LogP contribution is 2.18. The summed E-state index contributed by atoms with van der Waals surface area (Å²) in [5, 5.41) is 12.5. The van der Waals surface area contributed by atoms with Crippen LogP contribution in [0.2, 0.25) is 0 Å². The molecule has 3 heterocycles. The Balaban J connectivity index is 1.55. The van der Waals surface area contributed by atoms with Gasteiger partial charge in [-0.2, -0.15) is 5.10 Å². The SMILES string of the molecule is CCc1cn(C[C@@H]2CCCN(C(=O)/C=C/c3cnn(CC)c3)C2)nn1. The summed E-state index contributed by atoms with van der Waals surface area (Å²) in [6.45, 7) is 7.37. The molecule has 1 fully saturated rings. The van der Waals surface area contributed by atoms with E-state index in [4.69, 9.17) is 0 Å². The van der Waals surface area contributed by atoms with Crippen LogP contribution in [0.1, 0.15) is 37.9 Å². The van der Waals surface area contributed by atoms with Gasteiger partial charge in [0.25, 0.3) is 0 Å². The first-order valence-electron chi connectivity index (χ1n) is 9.06. The summed E-state index contributed by atoms with van der Waals surface area (Å²) in [5.74, 6) is 0.502. The van der Waals surface area contributed by atoms with Crippen molar-refractivity contribution >= 4 is 12.0 Å². The lowest BCUT2D eigenvalue weighted by atomic mass is 9.98. The minimum Gasteiger partial charge on any atom is -0.339 e. The molecule has 1 atom stereocenters. The molecule has 1 amide bonds. The molecule has 1 aliphatic rings. The molecular weight excluding hydrogens is 316 g/mol. The minimum atomic E-state index is 0.0711. The number of rotatable bonds is 6. The average molecular weight is 342 g/mol. The van der Waals surface area contributed by atoms with Gasteiger partial charge in [0.2, 0.25) is 5.91 Å². The molecule has 7 nitrogen and oxygen atoms in total. The first kappa shape index (κ1) is 17.4. The van der Waals surface area contributed by atoms with E-state index in [0.717, 1.165) is 56.7 Å². The number of piperidine rings is 1. The lowest BCUT2D eigenvalue weighted by Gasteiger charge is -2.32.